The lowest BCUT2D eigenvalue weighted by Gasteiger charge is -2.11. The Bertz CT molecular complexity index is 442. The molecule has 1 amide bonds. The van der Waals surface area contributed by atoms with Gasteiger partial charge in [0.15, 0.2) is 0 Å². The summed E-state index contributed by atoms with van der Waals surface area (Å²) in [6, 6.07) is 4.15. The molecule has 0 bridgehead atoms. The maximum absolute atomic E-state index is 13.3. The Hall–Kier alpha value is -1.17. The molecule has 1 aliphatic heterocycles. The minimum atomic E-state index is -0.486. The summed E-state index contributed by atoms with van der Waals surface area (Å²) in [5, 5.41) is 14.8. The first-order valence-electron chi connectivity index (χ1n) is 5.54. The van der Waals surface area contributed by atoms with Gasteiger partial charge < -0.3 is 15.7 Å². The average Bonchev–Trinajstić information content (AvgIpc) is 2.70. The molecule has 6 heteroatoms. The number of amides is 1. The van der Waals surface area contributed by atoms with Crippen LogP contribution in [0.15, 0.2) is 18.2 Å². The molecule has 2 rings (SSSR count). The van der Waals surface area contributed by atoms with Crippen LogP contribution >= 0.6 is 12.4 Å². The lowest BCUT2D eigenvalue weighted by atomic mass is 10.1. The second-order valence-corrected chi connectivity index (χ2v) is 4.30. The number of halogens is 2. The zero-order chi connectivity index (χ0) is 12.4. The summed E-state index contributed by atoms with van der Waals surface area (Å²) in [6.07, 6.45) is -0.0966. The van der Waals surface area contributed by atoms with Gasteiger partial charge in [-0.2, -0.15) is 0 Å². The summed E-state index contributed by atoms with van der Waals surface area (Å²) in [5.41, 5.74) is 0.971. The van der Waals surface area contributed by atoms with Crippen LogP contribution in [-0.4, -0.2) is 29.7 Å². The largest absolute Gasteiger partial charge is 0.392 e. The summed E-state index contributed by atoms with van der Waals surface area (Å²) in [6.45, 7) is 2.08. The van der Waals surface area contributed by atoms with Crippen molar-refractivity contribution in [2.75, 3.05) is 11.9 Å². The third-order valence-electron chi connectivity index (χ3n) is 2.86. The van der Waals surface area contributed by atoms with E-state index in [4.69, 9.17) is 0 Å². The number of nitrogens with one attached hydrogen (secondary N) is 2. The Morgan fingerprint density at radius 1 is 1.56 bits per heavy atom. The van der Waals surface area contributed by atoms with Crippen molar-refractivity contribution < 1.29 is 14.3 Å². The molecule has 0 saturated carbocycles. The van der Waals surface area contributed by atoms with E-state index in [-0.39, 0.29) is 24.1 Å². The molecule has 100 valence electrons. The lowest BCUT2D eigenvalue weighted by molar-refractivity contribution is -0.117. The van der Waals surface area contributed by atoms with Crippen molar-refractivity contribution in [2.24, 2.45) is 0 Å². The van der Waals surface area contributed by atoms with Crippen molar-refractivity contribution in [3.05, 3.63) is 29.6 Å². The number of carbonyl (C=O) groups excluding carboxylic acids is 1. The SMILES string of the molecule is Cc1ccc(NC(=O)C2CC(O)CN2)cc1F.Cl. The van der Waals surface area contributed by atoms with Crippen LogP contribution < -0.4 is 10.6 Å². The number of carbonyl (C=O) groups is 1. The van der Waals surface area contributed by atoms with Crippen LogP contribution in [-0.2, 0) is 4.79 Å². The Morgan fingerprint density at radius 2 is 2.28 bits per heavy atom. The average molecular weight is 275 g/mol. The highest BCUT2D eigenvalue weighted by atomic mass is 35.5. The second-order valence-electron chi connectivity index (χ2n) is 4.30. The molecule has 1 aromatic rings. The number of aliphatic hydroxyl groups is 1. The highest BCUT2D eigenvalue weighted by Gasteiger charge is 2.27. The van der Waals surface area contributed by atoms with E-state index in [1.165, 1.54) is 6.07 Å². The summed E-state index contributed by atoms with van der Waals surface area (Å²) in [4.78, 5) is 11.7. The van der Waals surface area contributed by atoms with Gasteiger partial charge in [-0.15, -0.1) is 12.4 Å². The standard InChI is InChI=1S/C12H15FN2O2.ClH/c1-7-2-3-8(4-10(7)13)15-12(17)11-5-9(16)6-14-11;/h2-4,9,11,14,16H,5-6H2,1H3,(H,15,17);1H. The summed E-state index contributed by atoms with van der Waals surface area (Å²) >= 11 is 0. The first-order valence-corrected chi connectivity index (χ1v) is 5.54. The zero-order valence-corrected chi connectivity index (χ0v) is 10.8. The fourth-order valence-corrected chi connectivity index (χ4v) is 1.82. The molecule has 2 atom stereocenters. The van der Waals surface area contributed by atoms with Gasteiger partial charge in [0.25, 0.3) is 0 Å². The van der Waals surface area contributed by atoms with E-state index in [9.17, 15) is 14.3 Å². The van der Waals surface area contributed by atoms with Crippen LogP contribution in [0.1, 0.15) is 12.0 Å². The van der Waals surface area contributed by atoms with E-state index in [0.717, 1.165) is 0 Å². The quantitative estimate of drug-likeness (QED) is 0.760. The second kappa shape index (κ2) is 6.13. The third kappa shape index (κ3) is 3.41. The van der Waals surface area contributed by atoms with Gasteiger partial charge in [0, 0.05) is 12.2 Å². The van der Waals surface area contributed by atoms with Gasteiger partial charge in [0.2, 0.25) is 5.91 Å². The van der Waals surface area contributed by atoms with Gasteiger partial charge in [-0.3, -0.25) is 4.79 Å². The molecule has 0 aliphatic carbocycles. The van der Waals surface area contributed by atoms with Crippen LogP contribution in [0.25, 0.3) is 0 Å². The van der Waals surface area contributed by atoms with Gasteiger partial charge in [0.1, 0.15) is 5.82 Å². The van der Waals surface area contributed by atoms with E-state index < -0.39 is 12.1 Å². The fourth-order valence-electron chi connectivity index (χ4n) is 1.82. The van der Waals surface area contributed by atoms with Gasteiger partial charge in [-0.25, -0.2) is 4.39 Å². The molecule has 1 fully saturated rings. The predicted octanol–water partition coefficient (Wildman–Crippen LogP) is 1.22. The van der Waals surface area contributed by atoms with Crippen LogP contribution in [0, 0.1) is 12.7 Å². The van der Waals surface area contributed by atoms with Crippen LogP contribution in [0.5, 0.6) is 0 Å². The van der Waals surface area contributed by atoms with Crippen molar-refractivity contribution in [1.29, 1.82) is 0 Å². The van der Waals surface area contributed by atoms with Crippen LogP contribution in [0.3, 0.4) is 0 Å². The normalized spacial score (nSPS) is 22.4. The molecule has 0 radical (unpaired) electrons. The molecule has 3 N–H and O–H groups in total. The number of hydrogen-bond acceptors (Lipinski definition) is 3. The smallest absolute Gasteiger partial charge is 0.241 e. The Kier molecular flexibility index (Phi) is 5.07. The molecule has 0 spiro atoms. The number of aryl methyl sites for hydroxylation is 1. The van der Waals surface area contributed by atoms with Crippen molar-refractivity contribution >= 4 is 24.0 Å². The fraction of sp³-hybridized carbons (Fsp3) is 0.417. The number of β-amino-alcohol motifs (C(OH)–C–C–N with tert-alkyl or cyclic N) is 1. The first kappa shape index (κ1) is 14.9. The van der Waals surface area contributed by atoms with Gasteiger partial charge in [-0.05, 0) is 31.0 Å². The van der Waals surface area contributed by atoms with Crippen LogP contribution in [0.4, 0.5) is 10.1 Å². The number of benzene rings is 1. The van der Waals surface area contributed by atoms with Crippen molar-refractivity contribution in [3.63, 3.8) is 0 Å². The molecular weight excluding hydrogens is 259 g/mol. The summed E-state index contributed by atoms with van der Waals surface area (Å²) < 4.78 is 13.3. The lowest BCUT2D eigenvalue weighted by Crippen LogP contribution is -2.35. The number of hydrogen-bond donors (Lipinski definition) is 3. The first-order chi connectivity index (χ1) is 8.06. The molecule has 18 heavy (non-hydrogen) atoms. The van der Waals surface area contributed by atoms with E-state index in [1.54, 1.807) is 19.1 Å². The van der Waals surface area contributed by atoms with E-state index in [0.29, 0.717) is 24.2 Å². The topological polar surface area (TPSA) is 61.4 Å². The Labute approximate surface area is 111 Å². The van der Waals surface area contributed by atoms with Crippen molar-refractivity contribution in [3.8, 4) is 0 Å². The Morgan fingerprint density at radius 3 is 2.83 bits per heavy atom. The van der Waals surface area contributed by atoms with Crippen LogP contribution in [0.2, 0.25) is 0 Å². The maximum Gasteiger partial charge on any atom is 0.241 e. The molecule has 2 unspecified atom stereocenters. The monoisotopic (exact) mass is 274 g/mol. The minimum Gasteiger partial charge on any atom is -0.392 e. The van der Waals surface area contributed by atoms with Crippen molar-refractivity contribution in [1.82, 2.24) is 5.32 Å². The van der Waals surface area contributed by atoms with E-state index >= 15 is 0 Å². The molecule has 1 heterocycles. The number of anilines is 1. The molecular formula is C12H16ClFN2O2. The van der Waals surface area contributed by atoms with Gasteiger partial charge in [-0.1, -0.05) is 6.07 Å². The zero-order valence-electron chi connectivity index (χ0n) is 9.94. The molecule has 1 saturated heterocycles. The molecule has 1 aliphatic rings. The van der Waals surface area contributed by atoms with E-state index in [2.05, 4.69) is 10.6 Å². The van der Waals surface area contributed by atoms with Crippen molar-refractivity contribution in [2.45, 2.75) is 25.5 Å². The maximum atomic E-state index is 13.3. The molecule has 4 nitrogen and oxygen atoms in total. The Balaban J connectivity index is 0.00000162. The predicted molar refractivity (Wildman–Crippen MR) is 69.4 cm³/mol. The number of rotatable bonds is 2. The molecule has 0 aromatic heterocycles. The van der Waals surface area contributed by atoms with E-state index in [1.807, 2.05) is 0 Å². The highest BCUT2D eigenvalue weighted by molar-refractivity contribution is 5.95. The highest BCUT2D eigenvalue weighted by Crippen LogP contribution is 2.15. The van der Waals surface area contributed by atoms with Gasteiger partial charge in [0.05, 0.1) is 12.1 Å². The third-order valence-corrected chi connectivity index (χ3v) is 2.86. The molecule has 1 aromatic carbocycles. The summed E-state index contributed by atoms with van der Waals surface area (Å²) in [7, 11) is 0. The summed E-state index contributed by atoms with van der Waals surface area (Å²) in [5.74, 6) is -0.591. The minimum absolute atomic E-state index is 0. The van der Waals surface area contributed by atoms with Gasteiger partial charge >= 0.3 is 0 Å². The number of aliphatic hydroxyl groups excluding tert-OH is 1.